The largest absolute Gasteiger partial charge is 0.384 e. The molecule has 3 rings (SSSR count). The zero-order valence-corrected chi connectivity index (χ0v) is 16.6. The highest BCUT2D eigenvalue weighted by Gasteiger charge is 2.32. The fraction of sp³-hybridized carbons (Fsp3) is 0.381. The van der Waals surface area contributed by atoms with Crippen molar-refractivity contribution in [3.05, 3.63) is 59.7 Å². The van der Waals surface area contributed by atoms with E-state index in [4.69, 9.17) is 4.74 Å². The second kappa shape index (κ2) is 9.96. The van der Waals surface area contributed by atoms with Crippen LogP contribution >= 0.6 is 12.4 Å². The van der Waals surface area contributed by atoms with Crippen LogP contribution in [-0.4, -0.2) is 39.3 Å². The van der Waals surface area contributed by atoms with Gasteiger partial charge in [0.1, 0.15) is 11.6 Å². The molecule has 0 aliphatic carbocycles. The smallest absolute Gasteiger partial charge is 0.254 e. The van der Waals surface area contributed by atoms with Crippen LogP contribution in [0, 0.1) is 17.0 Å². The molecule has 2 aromatic rings. The summed E-state index contributed by atoms with van der Waals surface area (Å²) in [6.07, 6.45) is 1.79. The van der Waals surface area contributed by atoms with Crippen molar-refractivity contribution in [3.63, 3.8) is 0 Å². The summed E-state index contributed by atoms with van der Waals surface area (Å²) in [4.78, 5) is 12.5. The molecule has 1 heterocycles. The first-order chi connectivity index (χ1) is 13.0. The van der Waals surface area contributed by atoms with Crippen LogP contribution in [0.15, 0.2) is 42.5 Å². The van der Waals surface area contributed by atoms with E-state index in [1.165, 1.54) is 24.3 Å². The van der Waals surface area contributed by atoms with Crippen molar-refractivity contribution in [1.29, 1.82) is 0 Å². The van der Waals surface area contributed by atoms with Crippen molar-refractivity contribution in [2.24, 2.45) is 5.41 Å². The van der Waals surface area contributed by atoms with E-state index in [9.17, 15) is 13.6 Å². The van der Waals surface area contributed by atoms with Crippen LogP contribution < -0.4 is 10.6 Å². The molecule has 1 amide bonds. The molecule has 1 aliphatic heterocycles. The van der Waals surface area contributed by atoms with E-state index in [1.54, 1.807) is 25.3 Å². The number of nitrogens with one attached hydrogen (secondary N) is 2. The summed E-state index contributed by atoms with van der Waals surface area (Å²) in [5, 5.41) is 6.17. The predicted octanol–water partition coefficient (Wildman–Crippen LogP) is 3.80. The third-order valence-corrected chi connectivity index (χ3v) is 5.13. The number of hydrogen-bond acceptors (Lipinski definition) is 3. The van der Waals surface area contributed by atoms with Gasteiger partial charge < -0.3 is 15.4 Å². The minimum atomic E-state index is -0.597. The van der Waals surface area contributed by atoms with Gasteiger partial charge in [0, 0.05) is 19.1 Å². The Hall–Kier alpha value is -2.02. The van der Waals surface area contributed by atoms with Crippen molar-refractivity contribution < 1.29 is 18.3 Å². The van der Waals surface area contributed by atoms with Gasteiger partial charge in [0.2, 0.25) is 0 Å². The second-order valence-electron chi connectivity index (χ2n) is 7.07. The fourth-order valence-corrected chi connectivity index (χ4v) is 3.52. The number of hydrogen-bond donors (Lipinski definition) is 2. The topological polar surface area (TPSA) is 50.4 Å². The Morgan fingerprint density at radius 2 is 1.75 bits per heavy atom. The molecular formula is C21H25ClF2N2O2. The van der Waals surface area contributed by atoms with Gasteiger partial charge in [0.25, 0.3) is 5.91 Å². The number of methoxy groups -OCH3 is 1. The molecule has 28 heavy (non-hydrogen) atoms. The van der Waals surface area contributed by atoms with Gasteiger partial charge in [-0.05, 0) is 61.3 Å². The summed E-state index contributed by atoms with van der Waals surface area (Å²) >= 11 is 0. The first kappa shape index (κ1) is 22.3. The fourth-order valence-electron chi connectivity index (χ4n) is 3.52. The van der Waals surface area contributed by atoms with Crippen LogP contribution in [0.2, 0.25) is 0 Å². The molecule has 4 nitrogen and oxygen atoms in total. The number of benzene rings is 2. The van der Waals surface area contributed by atoms with Crippen LogP contribution in [0.4, 0.5) is 8.78 Å². The number of piperidine rings is 1. The number of rotatable bonds is 6. The maximum Gasteiger partial charge on any atom is 0.254 e. The lowest BCUT2D eigenvalue weighted by molar-refractivity contribution is 0.0511. The molecule has 0 radical (unpaired) electrons. The Kier molecular flexibility index (Phi) is 7.92. The minimum Gasteiger partial charge on any atom is -0.384 e. The average Bonchev–Trinajstić information content (AvgIpc) is 2.68. The Bertz CT molecular complexity index is 788. The van der Waals surface area contributed by atoms with Gasteiger partial charge in [-0.1, -0.05) is 18.2 Å². The second-order valence-corrected chi connectivity index (χ2v) is 7.07. The lowest BCUT2D eigenvalue weighted by atomic mass is 9.79. The maximum absolute atomic E-state index is 14.5. The molecule has 0 atom stereocenters. The molecule has 0 aromatic heterocycles. The molecule has 1 saturated heterocycles. The van der Waals surface area contributed by atoms with Crippen LogP contribution in [0.3, 0.4) is 0 Å². The minimum absolute atomic E-state index is 0. The van der Waals surface area contributed by atoms with E-state index in [-0.39, 0.29) is 29.2 Å². The molecule has 7 heteroatoms. The highest BCUT2D eigenvalue weighted by atomic mass is 35.5. The monoisotopic (exact) mass is 410 g/mol. The van der Waals surface area contributed by atoms with Crippen molar-refractivity contribution in [1.82, 2.24) is 10.6 Å². The normalized spacial score (nSPS) is 15.5. The number of carbonyl (C=O) groups is 1. The average molecular weight is 411 g/mol. The number of halogens is 3. The standard InChI is InChI=1S/C21H24F2N2O2.ClH/c1-27-14-21(8-10-24-11-9-21)13-25-20(26)18-7-4-16(12-19(18)23)15-2-5-17(22)6-3-15;/h2-7,12,24H,8-11,13-14H2,1H3,(H,25,26);1H. The highest BCUT2D eigenvalue weighted by molar-refractivity contribution is 5.95. The predicted molar refractivity (Wildman–Crippen MR) is 108 cm³/mol. The molecule has 0 unspecified atom stereocenters. The van der Waals surface area contributed by atoms with Crippen LogP contribution in [0.5, 0.6) is 0 Å². The van der Waals surface area contributed by atoms with Gasteiger partial charge >= 0.3 is 0 Å². The Morgan fingerprint density at radius 3 is 2.36 bits per heavy atom. The molecule has 0 spiro atoms. The van der Waals surface area contributed by atoms with E-state index < -0.39 is 11.7 Å². The van der Waals surface area contributed by atoms with Crippen LogP contribution in [0.1, 0.15) is 23.2 Å². The Morgan fingerprint density at radius 1 is 1.11 bits per heavy atom. The van der Waals surface area contributed by atoms with E-state index in [0.717, 1.165) is 25.9 Å². The number of ether oxygens (including phenoxy) is 1. The maximum atomic E-state index is 14.5. The van der Waals surface area contributed by atoms with E-state index in [2.05, 4.69) is 10.6 Å². The number of amides is 1. The van der Waals surface area contributed by atoms with Crippen molar-refractivity contribution >= 4 is 18.3 Å². The van der Waals surface area contributed by atoms with Gasteiger partial charge in [-0.15, -0.1) is 12.4 Å². The molecular weight excluding hydrogens is 386 g/mol. The molecule has 0 bridgehead atoms. The van der Waals surface area contributed by atoms with Gasteiger partial charge in [-0.25, -0.2) is 8.78 Å². The van der Waals surface area contributed by atoms with Crippen LogP contribution in [-0.2, 0) is 4.74 Å². The van der Waals surface area contributed by atoms with Crippen molar-refractivity contribution in [2.45, 2.75) is 12.8 Å². The number of carbonyl (C=O) groups excluding carboxylic acids is 1. The third kappa shape index (κ3) is 5.28. The van der Waals surface area contributed by atoms with Crippen molar-refractivity contribution in [3.8, 4) is 11.1 Å². The summed E-state index contributed by atoms with van der Waals surface area (Å²) < 4.78 is 32.9. The van der Waals surface area contributed by atoms with Gasteiger partial charge in [-0.2, -0.15) is 0 Å². The molecule has 1 fully saturated rings. The third-order valence-electron chi connectivity index (χ3n) is 5.13. The van der Waals surface area contributed by atoms with Gasteiger partial charge in [0.15, 0.2) is 0 Å². The molecule has 2 N–H and O–H groups in total. The zero-order valence-electron chi connectivity index (χ0n) is 15.8. The lowest BCUT2D eigenvalue weighted by Gasteiger charge is -2.37. The van der Waals surface area contributed by atoms with E-state index in [0.29, 0.717) is 24.3 Å². The molecule has 0 saturated carbocycles. The molecule has 1 aliphatic rings. The van der Waals surface area contributed by atoms with Gasteiger partial charge in [-0.3, -0.25) is 4.79 Å². The first-order valence-electron chi connectivity index (χ1n) is 9.06. The summed E-state index contributed by atoms with van der Waals surface area (Å²) in [6.45, 7) is 2.75. The SMILES string of the molecule is COCC1(CNC(=O)c2ccc(-c3ccc(F)cc3)cc2F)CCNCC1.Cl. The van der Waals surface area contributed by atoms with Gasteiger partial charge in [0.05, 0.1) is 12.2 Å². The van der Waals surface area contributed by atoms with Crippen LogP contribution in [0.25, 0.3) is 11.1 Å². The summed E-state index contributed by atoms with van der Waals surface area (Å²) in [5.41, 5.74) is 1.16. The Balaban J connectivity index is 0.00000280. The summed E-state index contributed by atoms with van der Waals surface area (Å²) in [6, 6.07) is 10.2. The van der Waals surface area contributed by atoms with E-state index in [1.807, 2.05) is 0 Å². The zero-order chi connectivity index (χ0) is 19.3. The Labute approximate surface area is 170 Å². The highest BCUT2D eigenvalue weighted by Crippen LogP contribution is 2.28. The van der Waals surface area contributed by atoms with E-state index >= 15 is 0 Å². The molecule has 152 valence electrons. The van der Waals surface area contributed by atoms with Crippen molar-refractivity contribution in [2.75, 3.05) is 33.4 Å². The summed E-state index contributed by atoms with van der Waals surface area (Å²) in [7, 11) is 1.65. The summed E-state index contributed by atoms with van der Waals surface area (Å²) in [5.74, 6) is -1.38. The first-order valence-corrected chi connectivity index (χ1v) is 9.06. The molecule has 2 aromatic carbocycles. The quantitative estimate of drug-likeness (QED) is 0.761. The lowest BCUT2D eigenvalue weighted by Crippen LogP contribution is -2.47.